The fourth-order valence-corrected chi connectivity index (χ4v) is 2.96. The van der Waals surface area contributed by atoms with Crippen LogP contribution in [0.25, 0.3) is 10.9 Å². The Kier molecular flexibility index (Phi) is 5.40. The molecule has 2 aromatic heterocycles. The van der Waals surface area contributed by atoms with Crippen molar-refractivity contribution in [2.45, 2.75) is 6.61 Å². The Hall–Kier alpha value is -3.78. The molecule has 0 spiro atoms. The first kappa shape index (κ1) is 19.5. The molecule has 0 bridgehead atoms. The number of carbonyl (C=O) groups excluding carboxylic acids is 1. The first-order valence-corrected chi connectivity index (χ1v) is 9.14. The third-order valence-corrected chi connectivity index (χ3v) is 4.42. The van der Waals surface area contributed by atoms with Crippen molar-refractivity contribution in [3.8, 4) is 5.75 Å². The summed E-state index contributed by atoms with van der Waals surface area (Å²) < 4.78 is 19.3. The molecule has 0 fully saturated rings. The Morgan fingerprint density at radius 2 is 2.13 bits per heavy atom. The number of pyridine rings is 1. The zero-order valence-corrected chi connectivity index (χ0v) is 16.2. The van der Waals surface area contributed by atoms with Crippen LogP contribution in [0.15, 0.2) is 54.9 Å². The summed E-state index contributed by atoms with van der Waals surface area (Å²) in [6.45, 7) is 0.320. The van der Waals surface area contributed by atoms with E-state index in [1.54, 1.807) is 30.6 Å². The molecule has 0 aliphatic rings. The SMILES string of the molecule is NC(=O)c1nc(Nc2ccc(OCc3cccnc3)c(Cl)c2)c2c[c]c(F)cc2n1. The van der Waals surface area contributed by atoms with Crippen molar-refractivity contribution in [3.63, 3.8) is 0 Å². The minimum Gasteiger partial charge on any atom is -0.487 e. The summed E-state index contributed by atoms with van der Waals surface area (Å²) >= 11 is 6.34. The van der Waals surface area contributed by atoms with E-state index in [0.29, 0.717) is 28.5 Å². The van der Waals surface area contributed by atoms with E-state index in [0.717, 1.165) is 11.6 Å². The highest BCUT2D eigenvalue weighted by Crippen LogP contribution is 2.31. The predicted octanol–water partition coefficient (Wildman–Crippen LogP) is 4.04. The highest BCUT2D eigenvalue weighted by atomic mass is 35.5. The molecule has 149 valence electrons. The Morgan fingerprint density at radius 3 is 2.87 bits per heavy atom. The molecular weight excluding hydrogens is 409 g/mol. The number of fused-ring (bicyclic) bond motifs is 1. The summed E-state index contributed by atoms with van der Waals surface area (Å²) in [5.74, 6) is -0.916. The monoisotopic (exact) mass is 422 g/mol. The van der Waals surface area contributed by atoms with Gasteiger partial charge in [-0.15, -0.1) is 0 Å². The number of anilines is 2. The number of carbonyl (C=O) groups is 1. The van der Waals surface area contributed by atoms with E-state index in [-0.39, 0.29) is 17.2 Å². The minimum atomic E-state index is -0.828. The molecule has 3 N–H and O–H groups in total. The lowest BCUT2D eigenvalue weighted by molar-refractivity contribution is 0.0991. The van der Waals surface area contributed by atoms with E-state index >= 15 is 0 Å². The maximum atomic E-state index is 13.5. The third kappa shape index (κ3) is 4.28. The molecule has 4 rings (SSSR count). The van der Waals surface area contributed by atoms with Gasteiger partial charge in [0.05, 0.1) is 10.5 Å². The van der Waals surface area contributed by atoms with Crippen LogP contribution in [0.3, 0.4) is 0 Å². The normalized spacial score (nSPS) is 10.7. The minimum absolute atomic E-state index is 0.222. The van der Waals surface area contributed by atoms with E-state index in [1.807, 2.05) is 12.1 Å². The summed E-state index contributed by atoms with van der Waals surface area (Å²) in [7, 11) is 0. The highest BCUT2D eigenvalue weighted by molar-refractivity contribution is 6.32. The van der Waals surface area contributed by atoms with E-state index in [2.05, 4.69) is 26.3 Å². The number of rotatable bonds is 6. The zero-order chi connectivity index (χ0) is 21.1. The molecule has 0 aliphatic heterocycles. The third-order valence-electron chi connectivity index (χ3n) is 4.13. The summed E-state index contributed by atoms with van der Waals surface area (Å²) in [6.07, 6.45) is 3.39. The Bertz CT molecular complexity index is 1240. The molecule has 30 heavy (non-hydrogen) atoms. The van der Waals surface area contributed by atoms with Crippen molar-refractivity contribution in [2.75, 3.05) is 5.32 Å². The Labute approximate surface area is 175 Å². The van der Waals surface area contributed by atoms with Gasteiger partial charge in [0.25, 0.3) is 5.91 Å². The van der Waals surface area contributed by atoms with Crippen molar-refractivity contribution >= 4 is 39.9 Å². The molecule has 0 saturated carbocycles. The molecule has 0 saturated heterocycles. The Morgan fingerprint density at radius 1 is 1.27 bits per heavy atom. The van der Waals surface area contributed by atoms with Crippen molar-refractivity contribution in [3.05, 3.63) is 83.2 Å². The molecule has 0 atom stereocenters. The van der Waals surface area contributed by atoms with Gasteiger partial charge in [-0.3, -0.25) is 9.78 Å². The number of halogens is 2. The van der Waals surface area contributed by atoms with Gasteiger partial charge in [-0.2, -0.15) is 0 Å². The van der Waals surface area contributed by atoms with Crippen molar-refractivity contribution in [1.29, 1.82) is 0 Å². The van der Waals surface area contributed by atoms with Gasteiger partial charge in [0.2, 0.25) is 5.82 Å². The molecule has 7 nitrogen and oxygen atoms in total. The van der Waals surface area contributed by atoms with E-state index in [9.17, 15) is 9.18 Å². The second kappa shape index (κ2) is 8.30. The van der Waals surface area contributed by atoms with Crippen LogP contribution in [-0.2, 0) is 6.61 Å². The summed E-state index contributed by atoms with van der Waals surface area (Å²) in [5, 5.41) is 3.89. The molecule has 4 aromatic rings. The lowest BCUT2D eigenvalue weighted by Gasteiger charge is -2.12. The van der Waals surface area contributed by atoms with Gasteiger partial charge in [0.15, 0.2) is 0 Å². The van der Waals surface area contributed by atoms with Crippen LogP contribution < -0.4 is 15.8 Å². The standard InChI is InChI=1S/C21H14ClFN5O2/c22-16-9-14(4-6-18(16)30-11-12-2-1-7-25-10-12)26-20-15-5-3-13(23)8-17(15)27-21(28-20)19(24)29/h1-2,4-10H,11H2,(H2,24,29)(H,26,27,28). The second-order valence-corrected chi connectivity index (χ2v) is 6.67. The van der Waals surface area contributed by atoms with E-state index in [1.165, 1.54) is 6.07 Å². The summed E-state index contributed by atoms with van der Waals surface area (Å²) in [6, 6.07) is 13.8. The van der Waals surface area contributed by atoms with Crippen molar-refractivity contribution in [2.24, 2.45) is 5.73 Å². The van der Waals surface area contributed by atoms with Crippen LogP contribution in [-0.4, -0.2) is 20.9 Å². The van der Waals surface area contributed by atoms with Gasteiger partial charge in [-0.1, -0.05) is 17.7 Å². The highest BCUT2D eigenvalue weighted by Gasteiger charge is 2.13. The molecular formula is C21H14ClFN5O2. The zero-order valence-electron chi connectivity index (χ0n) is 15.4. The number of benzene rings is 2. The quantitative estimate of drug-likeness (QED) is 0.486. The molecule has 1 radical (unpaired) electrons. The lowest BCUT2D eigenvalue weighted by Crippen LogP contribution is -2.16. The van der Waals surface area contributed by atoms with Crippen LogP contribution in [0.2, 0.25) is 5.02 Å². The maximum Gasteiger partial charge on any atom is 0.286 e. The average molecular weight is 423 g/mol. The molecule has 2 heterocycles. The molecule has 0 unspecified atom stereocenters. The largest absolute Gasteiger partial charge is 0.487 e. The lowest BCUT2D eigenvalue weighted by atomic mass is 10.2. The van der Waals surface area contributed by atoms with Gasteiger partial charge in [0, 0.05) is 41.2 Å². The number of hydrogen-bond acceptors (Lipinski definition) is 6. The maximum absolute atomic E-state index is 13.5. The van der Waals surface area contributed by atoms with Crippen LogP contribution in [0, 0.1) is 11.9 Å². The number of hydrogen-bond donors (Lipinski definition) is 2. The van der Waals surface area contributed by atoms with Crippen molar-refractivity contribution < 1.29 is 13.9 Å². The van der Waals surface area contributed by atoms with Gasteiger partial charge >= 0.3 is 0 Å². The van der Waals surface area contributed by atoms with Gasteiger partial charge in [0.1, 0.15) is 24.0 Å². The average Bonchev–Trinajstić information content (AvgIpc) is 2.73. The van der Waals surface area contributed by atoms with E-state index in [4.69, 9.17) is 22.1 Å². The van der Waals surface area contributed by atoms with Crippen LogP contribution >= 0.6 is 11.6 Å². The summed E-state index contributed by atoms with van der Waals surface area (Å²) in [5.41, 5.74) is 7.00. The predicted molar refractivity (Wildman–Crippen MR) is 110 cm³/mol. The second-order valence-electron chi connectivity index (χ2n) is 6.26. The summed E-state index contributed by atoms with van der Waals surface area (Å²) in [4.78, 5) is 23.7. The number of aromatic nitrogens is 3. The first-order valence-electron chi connectivity index (χ1n) is 8.76. The number of nitrogens with zero attached hydrogens (tertiary/aromatic N) is 3. The van der Waals surface area contributed by atoms with Gasteiger partial charge < -0.3 is 15.8 Å². The number of primary amides is 1. The molecule has 0 aliphatic carbocycles. The van der Waals surface area contributed by atoms with Gasteiger partial charge in [-0.05, 0) is 30.3 Å². The first-order chi connectivity index (χ1) is 14.5. The topological polar surface area (TPSA) is 103 Å². The Balaban J connectivity index is 1.60. The van der Waals surface area contributed by atoms with Crippen LogP contribution in [0.1, 0.15) is 16.2 Å². The number of nitrogens with one attached hydrogen (secondary N) is 1. The number of ether oxygens (including phenoxy) is 1. The molecule has 2 aromatic carbocycles. The number of nitrogens with two attached hydrogens (primary N) is 1. The fourth-order valence-electron chi connectivity index (χ4n) is 2.72. The van der Waals surface area contributed by atoms with Crippen LogP contribution in [0.5, 0.6) is 5.75 Å². The fraction of sp³-hybridized carbons (Fsp3) is 0.0476. The van der Waals surface area contributed by atoms with E-state index < -0.39 is 11.7 Å². The van der Waals surface area contributed by atoms with Crippen LogP contribution in [0.4, 0.5) is 15.9 Å². The van der Waals surface area contributed by atoms with Crippen molar-refractivity contribution in [1.82, 2.24) is 15.0 Å². The smallest absolute Gasteiger partial charge is 0.286 e. The molecule has 9 heteroatoms. The van der Waals surface area contributed by atoms with Gasteiger partial charge in [-0.25, -0.2) is 14.4 Å². The number of amides is 1. The molecule has 1 amide bonds.